The second-order valence-electron chi connectivity index (χ2n) is 6.22. The molecule has 4 aromatic rings. The van der Waals surface area contributed by atoms with Crippen LogP contribution in [0.25, 0.3) is 16.3 Å². The lowest BCUT2D eigenvalue weighted by Crippen LogP contribution is -2.03. The van der Waals surface area contributed by atoms with Gasteiger partial charge in [-0.15, -0.1) is 11.3 Å². The van der Waals surface area contributed by atoms with Crippen LogP contribution < -0.4 is 0 Å². The number of hydrogen-bond acceptors (Lipinski definition) is 5. The lowest BCUT2D eigenvalue weighted by molar-refractivity contribution is 0.0526. The average molecular weight is 401 g/mol. The van der Waals surface area contributed by atoms with Crippen molar-refractivity contribution in [1.82, 2.24) is 9.78 Å². The Hall–Kier alpha value is -3.51. The Morgan fingerprint density at radius 3 is 2.59 bits per heavy atom. The molecule has 0 bridgehead atoms. The van der Waals surface area contributed by atoms with E-state index >= 15 is 0 Å². The number of carbonyl (C=O) groups excluding carboxylic acids is 1. The maximum absolute atomic E-state index is 11.8. The average Bonchev–Trinajstić information content (AvgIpc) is 3.43. The fraction of sp³-hybridized carbons (Fsp3) is 0.0870. The quantitative estimate of drug-likeness (QED) is 0.315. The maximum Gasteiger partial charge on any atom is 0.338 e. The van der Waals surface area contributed by atoms with Crippen LogP contribution in [0.15, 0.2) is 83.3 Å². The summed E-state index contributed by atoms with van der Waals surface area (Å²) in [5.41, 5.74) is 4.06. The minimum Gasteiger partial charge on any atom is -0.462 e. The van der Waals surface area contributed by atoms with Crippen molar-refractivity contribution in [3.05, 3.63) is 89.4 Å². The van der Waals surface area contributed by atoms with Crippen molar-refractivity contribution in [2.24, 2.45) is 4.99 Å². The molecule has 29 heavy (non-hydrogen) atoms. The van der Waals surface area contributed by atoms with Crippen molar-refractivity contribution in [2.75, 3.05) is 6.61 Å². The zero-order valence-corrected chi connectivity index (χ0v) is 16.7. The molecule has 0 aliphatic carbocycles. The highest BCUT2D eigenvalue weighted by molar-refractivity contribution is 7.13. The van der Waals surface area contributed by atoms with Gasteiger partial charge >= 0.3 is 5.97 Å². The number of carbonyl (C=O) groups is 1. The highest BCUT2D eigenvalue weighted by Crippen LogP contribution is 2.27. The molecule has 0 saturated carbocycles. The van der Waals surface area contributed by atoms with E-state index in [2.05, 4.69) is 4.99 Å². The molecule has 5 nitrogen and oxygen atoms in total. The van der Waals surface area contributed by atoms with Crippen LogP contribution in [0.1, 0.15) is 22.8 Å². The molecular weight excluding hydrogens is 382 g/mol. The van der Waals surface area contributed by atoms with Crippen LogP contribution in [-0.4, -0.2) is 28.6 Å². The standard InChI is InChI=1S/C23H19N3O2S/c1-2-28-23(27)17-10-12-19(13-11-17)24-15-18-16-26(20-7-4-3-5-8-20)25-22(18)21-9-6-14-29-21/h3-16H,2H2,1H3. The van der Waals surface area contributed by atoms with Crippen LogP contribution in [-0.2, 0) is 4.74 Å². The summed E-state index contributed by atoms with van der Waals surface area (Å²) in [5, 5.41) is 6.80. The third kappa shape index (κ3) is 4.33. The molecule has 0 aliphatic rings. The predicted octanol–water partition coefficient (Wildman–Crippen LogP) is 5.53. The molecule has 144 valence electrons. The normalized spacial score (nSPS) is 11.1. The third-order valence-corrected chi connectivity index (χ3v) is 5.13. The molecule has 0 aliphatic heterocycles. The monoisotopic (exact) mass is 401 g/mol. The van der Waals surface area contributed by atoms with Crippen molar-refractivity contribution < 1.29 is 9.53 Å². The number of aromatic nitrogens is 2. The number of nitrogens with zero attached hydrogens (tertiary/aromatic N) is 3. The lowest BCUT2D eigenvalue weighted by atomic mass is 10.2. The summed E-state index contributed by atoms with van der Waals surface area (Å²) >= 11 is 1.64. The molecule has 0 spiro atoms. The molecular formula is C23H19N3O2S. The number of rotatable bonds is 6. The molecule has 0 atom stereocenters. The van der Waals surface area contributed by atoms with Crippen molar-refractivity contribution in [3.8, 4) is 16.3 Å². The number of para-hydroxylation sites is 1. The summed E-state index contributed by atoms with van der Waals surface area (Å²) in [7, 11) is 0. The van der Waals surface area contributed by atoms with Crippen LogP contribution in [0.5, 0.6) is 0 Å². The van der Waals surface area contributed by atoms with Gasteiger partial charge in [0.05, 0.1) is 28.4 Å². The summed E-state index contributed by atoms with van der Waals surface area (Å²) in [5.74, 6) is -0.327. The molecule has 0 N–H and O–H groups in total. The van der Waals surface area contributed by atoms with Crippen molar-refractivity contribution in [1.29, 1.82) is 0 Å². The number of benzene rings is 2. The van der Waals surface area contributed by atoms with E-state index < -0.39 is 0 Å². The lowest BCUT2D eigenvalue weighted by Gasteiger charge is -2.01. The predicted molar refractivity (Wildman–Crippen MR) is 117 cm³/mol. The van der Waals surface area contributed by atoms with Gasteiger partial charge in [-0.25, -0.2) is 9.48 Å². The Labute approximate surface area is 172 Å². The molecule has 0 amide bonds. The zero-order valence-electron chi connectivity index (χ0n) is 15.9. The smallest absolute Gasteiger partial charge is 0.338 e. The van der Waals surface area contributed by atoms with Crippen LogP contribution in [0.2, 0.25) is 0 Å². The van der Waals surface area contributed by atoms with Gasteiger partial charge in [-0.3, -0.25) is 4.99 Å². The van der Waals surface area contributed by atoms with Gasteiger partial charge in [0.2, 0.25) is 0 Å². The van der Waals surface area contributed by atoms with E-state index in [-0.39, 0.29) is 5.97 Å². The second kappa shape index (κ2) is 8.67. The summed E-state index contributed by atoms with van der Waals surface area (Å²) < 4.78 is 6.87. The summed E-state index contributed by atoms with van der Waals surface area (Å²) in [6, 6.07) is 21.1. The van der Waals surface area contributed by atoms with Gasteiger partial charge in [-0.2, -0.15) is 5.10 Å². The highest BCUT2D eigenvalue weighted by Gasteiger charge is 2.12. The molecule has 0 radical (unpaired) electrons. The van der Waals surface area contributed by atoms with Crippen molar-refractivity contribution in [2.45, 2.75) is 6.92 Å². The molecule has 0 unspecified atom stereocenters. The zero-order chi connectivity index (χ0) is 20.1. The minimum atomic E-state index is -0.327. The van der Waals surface area contributed by atoms with Gasteiger partial charge < -0.3 is 4.74 Å². The summed E-state index contributed by atoms with van der Waals surface area (Å²) in [6.45, 7) is 2.15. The Balaban J connectivity index is 1.64. The fourth-order valence-corrected chi connectivity index (χ4v) is 3.57. The summed E-state index contributed by atoms with van der Waals surface area (Å²) in [6.07, 6.45) is 3.78. The van der Waals surface area contributed by atoms with Gasteiger partial charge in [0.1, 0.15) is 5.69 Å². The highest BCUT2D eigenvalue weighted by atomic mass is 32.1. The molecule has 2 aromatic heterocycles. The van der Waals surface area contributed by atoms with E-state index in [1.807, 2.05) is 58.7 Å². The Bertz CT molecular complexity index is 1110. The molecule has 0 saturated heterocycles. The first-order chi connectivity index (χ1) is 14.2. The first-order valence-electron chi connectivity index (χ1n) is 9.25. The minimum absolute atomic E-state index is 0.327. The van der Waals surface area contributed by atoms with Gasteiger partial charge in [-0.1, -0.05) is 24.3 Å². The molecule has 0 fully saturated rings. The number of hydrogen-bond donors (Lipinski definition) is 0. The van der Waals surface area contributed by atoms with Gasteiger partial charge in [0.25, 0.3) is 0 Å². The third-order valence-electron chi connectivity index (χ3n) is 4.25. The van der Waals surface area contributed by atoms with Crippen LogP contribution in [0.3, 0.4) is 0 Å². The number of thiophene rings is 1. The van der Waals surface area contributed by atoms with Gasteiger partial charge in [0.15, 0.2) is 0 Å². The van der Waals surface area contributed by atoms with Gasteiger partial charge in [0, 0.05) is 18.0 Å². The Morgan fingerprint density at radius 2 is 1.90 bits per heavy atom. The van der Waals surface area contributed by atoms with Crippen molar-refractivity contribution >= 4 is 29.2 Å². The second-order valence-corrected chi connectivity index (χ2v) is 7.16. The molecule has 6 heteroatoms. The van der Waals surface area contributed by atoms with Gasteiger partial charge in [-0.05, 0) is 54.8 Å². The number of esters is 1. The van der Waals surface area contributed by atoms with E-state index in [1.165, 1.54) is 0 Å². The largest absolute Gasteiger partial charge is 0.462 e. The van der Waals surface area contributed by atoms with E-state index in [0.29, 0.717) is 12.2 Å². The Morgan fingerprint density at radius 1 is 1.10 bits per heavy atom. The van der Waals surface area contributed by atoms with E-state index in [1.54, 1.807) is 48.7 Å². The maximum atomic E-state index is 11.8. The fourth-order valence-electron chi connectivity index (χ4n) is 2.84. The molecule has 2 heterocycles. The van der Waals surface area contributed by atoms with Crippen LogP contribution in [0, 0.1) is 0 Å². The Kier molecular flexibility index (Phi) is 5.63. The van der Waals surface area contributed by atoms with Crippen LogP contribution >= 0.6 is 11.3 Å². The van der Waals surface area contributed by atoms with E-state index in [9.17, 15) is 4.79 Å². The SMILES string of the molecule is CCOC(=O)c1ccc(N=Cc2cn(-c3ccccc3)nc2-c2cccs2)cc1. The van der Waals surface area contributed by atoms with E-state index in [0.717, 1.165) is 27.5 Å². The molecule has 2 aromatic carbocycles. The first kappa shape index (κ1) is 18.8. The van der Waals surface area contributed by atoms with Crippen molar-refractivity contribution in [3.63, 3.8) is 0 Å². The van der Waals surface area contributed by atoms with Crippen LogP contribution in [0.4, 0.5) is 5.69 Å². The first-order valence-corrected chi connectivity index (χ1v) is 10.1. The molecule has 4 rings (SSSR count). The number of ether oxygens (including phenoxy) is 1. The van der Waals surface area contributed by atoms with E-state index in [4.69, 9.17) is 9.84 Å². The number of aliphatic imine (C=N–C) groups is 1. The topological polar surface area (TPSA) is 56.5 Å². The summed E-state index contributed by atoms with van der Waals surface area (Å²) in [4.78, 5) is 17.4.